The molecule has 8 nitrogen and oxygen atoms in total. The fraction of sp³-hybridized carbons (Fsp3) is 0.433. The van der Waals surface area contributed by atoms with Crippen LogP contribution in [0.4, 0.5) is 5.82 Å². The summed E-state index contributed by atoms with van der Waals surface area (Å²) in [6, 6.07) is 13.1. The zero-order valence-corrected chi connectivity index (χ0v) is 22.3. The molecule has 0 radical (unpaired) electrons. The van der Waals surface area contributed by atoms with Gasteiger partial charge in [0.25, 0.3) is 5.91 Å². The van der Waals surface area contributed by atoms with Crippen molar-refractivity contribution >= 4 is 28.9 Å². The van der Waals surface area contributed by atoms with Crippen molar-refractivity contribution in [3.63, 3.8) is 0 Å². The van der Waals surface area contributed by atoms with E-state index in [0.29, 0.717) is 22.4 Å². The lowest BCUT2D eigenvalue weighted by Gasteiger charge is -2.63. The lowest BCUT2D eigenvalue weighted by atomic mass is 9.49. The number of rotatable bonds is 6. The van der Waals surface area contributed by atoms with E-state index in [4.69, 9.17) is 4.74 Å². The molecule has 0 spiro atoms. The lowest BCUT2D eigenvalue weighted by molar-refractivity contribution is -0.163. The fourth-order valence-corrected chi connectivity index (χ4v) is 6.45. The predicted octanol–water partition coefficient (Wildman–Crippen LogP) is 4.53. The Kier molecular flexibility index (Phi) is 6.56. The first-order valence-electron chi connectivity index (χ1n) is 13.1. The summed E-state index contributed by atoms with van der Waals surface area (Å²) >= 11 is 0. The summed E-state index contributed by atoms with van der Waals surface area (Å²) in [5.74, 6) is 1.47. The van der Waals surface area contributed by atoms with E-state index < -0.39 is 0 Å². The van der Waals surface area contributed by atoms with Gasteiger partial charge in [-0.25, -0.2) is 4.98 Å². The van der Waals surface area contributed by atoms with Crippen molar-refractivity contribution in [2.75, 3.05) is 18.0 Å². The van der Waals surface area contributed by atoms with Gasteiger partial charge in [-0.05, 0) is 49.2 Å². The minimum atomic E-state index is -0.349. The molecule has 0 unspecified atom stereocenters. The van der Waals surface area contributed by atoms with Crippen LogP contribution in [0.5, 0.6) is 5.75 Å². The molecule has 8 heteroatoms. The summed E-state index contributed by atoms with van der Waals surface area (Å²) in [7, 11) is 0. The van der Waals surface area contributed by atoms with E-state index in [1.165, 1.54) is 0 Å². The molecule has 1 saturated carbocycles. The number of aromatic nitrogens is 2. The Labute approximate surface area is 223 Å². The number of nitrogens with zero attached hydrogens (tertiary/aromatic N) is 4. The summed E-state index contributed by atoms with van der Waals surface area (Å²) in [5.41, 5.74) is 0.943. The molecule has 1 aromatic carbocycles. The molecule has 3 aromatic rings. The van der Waals surface area contributed by atoms with E-state index >= 15 is 0 Å². The highest BCUT2D eigenvalue weighted by Gasteiger charge is 2.64. The molecule has 1 aliphatic heterocycles. The average Bonchev–Trinajstić information content (AvgIpc) is 2.94. The van der Waals surface area contributed by atoms with Crippen LogP contribution in [0.25, 0.3) is 10.9 Å². The lowest BCUT2D eigenvalue weighted by Crippen LogP contribution is -2.74. The SMILES string of the molecule is CC1(C)C(NC(=O)c2ccc(N3CCC(C=O)CC3)nc2)C(C)(C)C1Oc1ccc(C#N)c2ncccc12. The first-order valence-corrected chi connectivity index (χ1v) is 13.1. The zero-order valence-electron chi connectivity index (χ0n) is 22.3. The Hall–Kier alpha value is -3.99. The van der Waals surface area contributed by atoms with Crippen molar-refractivity contribution in [2.45, 2.75) is 52.7 Å². The molecule has 1 saturated heterocycles. The van der Waals surface area contributed by atoms with Crippen molar-refractivity contribution in [1.82, 2.24) is 15.3 Å². The molecule has 2 fully saturated rings. The standard InChI is InChI=1S/C30H33N5O3/c1-29(2)27(34-26(37)21-8-10-24(33-17-21)35-14-11-19(18-36)12-15-35)30(3,4)28(29)38-23-9-7-20(16-31)25-22(23)6-5-13-32-25/h5-10,13,17-19,27-28H,11-12,14-15H2,1-4H3,(H,34,37). The Morgan fingerprint density at radius 3 is 2.47 bits per heavy atom. The Bertz CT molecular complexity index is 1390. The van der Waals surface area contributed by atoms with Crippen LogP contribution in [-0.2, 0) is 4.79 Å². The summed E-state index contributed by atoms with van der Waals surface area (Å²) < 4.78 is 6.57. The van der Waals surface area contributed by atoms with Gasteiger partial charge in [0.15, 0.2) is 0 Å². The highest BCUT2D eigenvalue weighted by Crippen LogP contribution is 2.56. The molecule has 1 N–H and O–H groups in total. The fourth-order valence-electron chi connectivity index (χ4n) is 6.45. The quantitative estimate of drug-likeness (QED) is 0.485. The third-order valence-corrected chi connectivity index (χ3v) is 8.28. The van der Waals surface area contributed by atoms with Crippen LogP contribution in [0.1, 0.15) is 56.5 Å². The van der Waals surface area contributed by atoms with Gasteiger partial charge in [0.05, 0.1) is 16.6 Å². The topological polar surface area (TPSA) is 108 Å². The number of amides is 1. The van der Waals surface area contributed by atoms with Crippen LogP contribution in [0.3, 0.4) is 0 Å². The van der Waals surface area contributed by atoms with Crippen molar-refractivity contribution in [2.24, 2.45) is 16.7 Å². The minimum absolute atomic E-state index is 0.127. The van der Waals surface area contributed by atoms with Crippen LogP contribution in [-0.4, -0.2) is 47.4 Å². The monoisotopic (exact) mass is 511 g/mol. The third-order valence-electron chi connectivity index (χ3n) is 8.28. The summed E-state index contributed by atoms with van der Waals surface area (Å²) in [6.07, 6.45) is 5.83. The number of nitriles is 1. The van der Waals surface area contributed by atoms with Crippen LogP contribution < -0.4 is 15.0 Å². The number of hydrogen-bond acceptors (Lipinski definition) is 7. The number of nitrogens with one attached hydrogen (secondary N) is 1. The maximum Gasteiger partial charge on any atom is 0.253 e. The Morgan fingerprint density at radius 1 is 1.11 bits per heavy atom. The third kappa shape index (κ3) is 4.36. The van der Waals surface area contributed by atoms with Gasteiger partial charge in [0.2, 0.25) is 0 Å². The molecule has 38 heavy (non-hydrogen) atoms. The van der Waals surface area contributed by atoms with Crippen molar-refractivity contribution < 1.29 is 14.3 Å². The summed E-state index contributed by atoms with van der Waals surface area (Å²) in [4.78, 5) is 35.3. The second kappa shape index (κ2) is 9.71. The number of hydrogen-bond donors (Lipinski definition) is 1. The minimum Gasteiger partial charge on any atom is -0.488 e. The van der Waals surface area contributed by atoms with Crippen LogP contribution >= 0.6 is 0 Å². The van der Waals surface area contributed by atoms with Gasteiger partial charge in [0.1, 0.15) is 30.0 Å². The predicted molar refractivity (Wildman–Crippen MR) is 145 cm³/mol. The number of fused-ring (bicyclic) bond motifs is 1. The Morgan fingerprint density at radius 2 is 1.84 bits per heavy atom. The van der Waals surface area contributed by atoms with Crippen molar-refractivity contribution in [1.29, 1.82) is 5.26 Å². The number of piperidine rings is 1. The number of carbonyl (C=O) groups excluding carboxylic acids is 2. The molecular weight excluding hydrogens is 478 g/mol. The van der Waals surface area contributed by atoms with Gasteiger partial charge >= 0.3 is 0 Å². The largest absolute Gasteiger partial charge is 0.488 e. The van der Waals surface area contributed by atoms with Gasteiger partial charge in [-0.1, -0.05) is 27.7 Å². The number of pyridine rings is 2. The normalized spacial score (nSPS) is 22.2. The van der Waals surface area contributed by atoms with Gasteiger partial charge in [-0.2, -0.15) is 5.26 Å². The average molecular weight is 512 g/mol. The molecule has 0 atom stereocenters. The van der Waals surface area contributed by atoms with E-state index in [1.54, 1.807) is 18.5 Å². The van der Waals surface area contributed by atoms with Crippen molar-refractivity contribution in [3.05, 3.63) is 59.9 Å². The second-order valence-corrected chi connectivity index (χ2v) is 11.5. The van der Waals surface area contributed by atoms with E-state index in [1.807, 2.05) is 30.3 Å². The molecule has 2 aromatic heterocycles. The molecule has 1 aliphatic carbocycles. The van der Waals surface area contributed by atoms with E-state index in [9.17, 15) is 14.9 Å². The van der Waals surface area contributed by atoms with Crippen LogP contribution in [0.15, 0.2) is 48.8 Å². The van der Waals surface area contributed by atoms with Gasteiger partial charge in [-0.15, -0.1) is 0 Å². The maximum atomic E-state index is 13.2. The molecular formula is C30H33N5O3. The zero-order chi connectivity index (χ0) is 27.1. The molecule has 0 bridgehead atoms. The maximum absolute atomic E-state index is 13.2. The number of benzene rings is 1. The number of carbonyl (C=O) groups is 2. The van der Waals surface area contributed by atoms with E-state index in [-0.39, 0.29) is 34.8 Å². The number of ether oxygens (including phenoxy) is 1. The smallest absolute Gasteiger partial charge is 0.253 e. The van der Waals surface area contributed by atoms with Gasteiger partial charge in [-0.3, -0.25) is 9.78 Å². The molecule has 3 heterocycles. The van der Waals surface area contributed by atoms with Crippen molar-refractivity contribution in [3.8, 4) is 11.8 Å². The molecule has 1 amide bonds. The van der Waals surface area contributed by atoms with Gasteiger partial charge < -0.3 is 19.7 Å². The number of aldehydes is 1. The first-order chi connectivity index (χ1) is 18.2. The Balaban J connectivity index is 1.28. The second-order valence-electron chi connectivity index (χ2n) is 11.5. The van der Waals surface area contributed by atoms with Crippen LogP contribution in [0, 0.1) is 28.1 Å². The number of anilines is 1. The van der Waals surface area contributed by atoms with E-state index in [2.05, 4.69) is 53.9 Å². The molecule has 5 rings (SSSR count). The van der Waals surface area contributed by atoms with Gasteiger partial charge in [0, 0.05) is 53.7 Å². The van der Waals surface area contributed by atoms with Crippen LogP contribution in [0.2, 0.25) is 0 Å². The summed E-state index contributed by atoms with van der Waals surface area (Å²) in [6.45, 7) is 9.98. The summed E-state index contributed by atoms with van der Waals surface area (Å²) in [5, 5.41) is 13.5. The molecule has 2 aliphatic rings. The highest BCUT2D eigenvalue weighted by atomic mass is 16.5. The van der Waals surface area contributed by atoms with E-state index in [0.717, 1.165) is 43.4 Å². The highest BCUT2D eigenvalue weighted by molar-refractivity contribution is 5.94. The molecule has 196 valence electrons. The first kappa shape index (κ1) is 25.7.